The summed E-state index contributed by atoms with van der Waals surface area (Å²) in [7, 11) is 0. The highest BCUT2D eigenvalue weighted by Gasteiger charge is 2.36. The van der Waals surface area contributed by atoms with Crippen molar-refractivity contribution in [2.75, 3.05) is 6.54 Å². The van der Waals surface area contributed by atoms with Gasteiger partial charge in [0.15, 0.2) is 0 Å². The van der Waals surface area contributed by atoms with Gasteiger partial charge in [-0.1, -0.05) is 38.1 Å². The maximum absolute atomic E-state index is 10.7. The van der Waals surface area contributed by atoms with E-state index in [9.17, 15) is 5.11 Å². The molecular weight excluding hydrogens is 258 g/mol. The van der Waals surface area contributed by atoms with Crippen molar-refractivity contribution in [3.05, 3.63) is 35.4 Å². The second kappa shape index (κ2) is 5.73. The molecule has 3 rings (SSSR count). The fraction of sp³-hybridized carbons (Fsp3) is 0.684. The molecule has 0 unspecified atom stereocenters. The Morgan fingerprint density at radius 2 is 1.76 bits per heavy atom. The van der Waals surface area contributed by atoms with Gasteiger partial charge in [-0.05, 0) is 61.0 Å². The van der Waals surface area contributed by atoms with Gasteiger partial charge in [0.2, 0.25) is 0 Å². The number of hydrogen-bond donors (Lipinski definition) is 2. The molecule has 2 nitrogen and oxygen atoms in total. The lowest BCUT2D eigenvalue weighted by Gasteiger charge is -2.40. The van der Waals surface area contributed by atoms with Crippen molar-refractivity contribution >= 4 is 0 Å². The molecule has 0 heterocycles. The zero-order chi connectivity index (χ0) is 14.9. The van der Waals surface area contributed by atoms with E-state index in [-0.39, 0.29) is 0 Å². The minimum Gasteiger partial charge on any atom is -0.389 e. The fourth-order valence-corrected chi connectivity index (χ4v) is 3.49. The molecule has 2 heteroatoms. The summed E-state index contributed by atoms with van der Waals surface area (Å²) in [6.07, 6.45) is 6.80. The van der Waals surface area contributed by atoms with Crippen LogP contribution in [0.25, 0.3) is 0 Å². The molecule has 0 aliphatic heterocycles. The van der Waals surface area contributed by atoms with Crippen molar-refractivity contribution in [3.63, 3.8) is 0 Å². The summed E-state index contributed by atoms with van der Waals surface area (Å²) in [6.45, 7) is 6.23. The second-order valence-electron chi connectivity index (χ2n) is 7.97. The first kappa shape index (κ1) is 15.1. The van der Waals surface area contributed by atoms with Gasteiger partial charge in [0, 0.05) is 13.1 Å². The molecule has 0 amide bonds. The Morgan fingerprint density at radius 1 is 1.10 bits per heavy atom. The molecule has 0 bridgehead atoms. The maximum atomic E-state index is 10.7. The zero-order valence-corrected chi connectivity index (χ0v) is 13.5. The van der Waals surface area contributed by atoms with E-state index in [4.69, 9.17) is 0 Å². The van der Waals surface area contributed by atoms with Crippen LogP contribution in [0.4, 0.5) is 0 Å². The Hall–Kier alpha value is -0.860. The van der Waals surface area contributed by atoms with Gasteiger partial charge >= 0.3 is 0 Å². The van der Waals surface area contributed by atoms with Gasteiger partial charge in [0.1, 0.15) is 0 Å². The molecule has 0 radical (unpaired) electrons. The van der Waals surface area contributed by atoms with E-state index in [1.165, 1.54) is 24.0 Å². The van der Waals surface area contributed by atoms with E-state index >= 15 is 0 Å². The normalized spacial score (nSPS) is 24.0. The molecule has 0 aromatic heterocycles. The minimum absolute atomic E-state index is 0.408. The first-order valence-corrected chi connectivity index (χ1v) is 8.48. The van der Waals surface area contributed by atoms with Crippen LogP contribution < -0.4 is 5.32 Å². The van der Waals surface area contributed by atoms with Crippen molar-refractivity contribution in [1.29, 1.82) is 0 Å². The topological polar surface area (TPSA) is 32.3 Å². The Morgan fingerprint density at radius 3 is 2.43 bits per heavy atom. The van der Waals surface area contributed by atoms with Crippen molar-refractivity contribution in [1.82, 2.24) is 5.32 Å². The SMILES string of the molecule is CC1(C)CCC(O)(CNCc2ccccc2C2CC2)CC1. The lowest BCUT2D eigenvalue weighted by molar-refractivity contribution is -0.0245. The van der Waals surface area contributed by atoms with Crippen LogP contribution in [-0.4, -0.2) is 17.3 Å². The van der Waals surface area contributed by atoms with Gasteiger partial charge in [-0.3, -0.25) is 0 Å². The van der Waals surface area contributed by atoms with Gasteiger partial charge in [0.25, 0.3) is 0 Å². The van der Waals surface area contributed by atoms with Crippen LogP contribution in [0.5, 0.6) is 0 Å². The van der Waals surface area contributed by atoms with Gasteiger partial charge in [-0.15, -0.1) is 0 Å². The second-order valence-corrected chi connectivity index (χ2v) is 7.97. The van der Waals surface area contributed by atoms with E-state index < -0.39 is 5.60 Å². The van der Waals surface area contributed by atoms with E-state index in [1.54, 1.807) is 0 Å². The molecule has 2 aliphatic carbocycles. The predicted octanol–water partition coefficient (Wildman–Crippen LogP) is 3.98. The van der Waals surface area contributed by atoms with Crippen LogP contribution >= 0.6 is 0 Å². The van der Waals surface area contributed by atoms with Crippen LogP contribution in [0, 0.1) is 5.41 Å². The summed E-state index contributed by atoms with van der Waals surface area (Å²) in [6, 6.07) is 8.77. The highest BCUT2D eigenvalue weighted by Crippen LogP contribution is 2.42. The van der Waals surface area contributed by atoms with Crippen molar-refractivity contribution in [2.24, 2.45) is 5.41 Å². The Kier molecular flexibility index (Phi) is 4.11. The number of rotatable bonds is 5. The Balaban J connectivity index is 1.52. The maximum Gasteiger partial charge on any atom is 0.0772 e. The van der Waals surface area contributed by atoms with Crippen molar-refractivity contribution in [3.8, 4) is 0 Å². The van der Waals surface area contributed by atoms with Crippen molar-refractivity contribution < 1.29 is 5.11 Å². The summed E-state index contributed by atoms with van der Waals surface area (Å²) in [5.41, 5.74) is 2.84. The van der Waals surface area contributed by atoms with Gasteiger partial charge in [-0.25, -0.2) is 0 Å². The summed E-state index contributed by atoms with van der Waals surface area (Å²) in [5, 5.41) is 14.2. The first-order chi connectivity index (χ1) is 9.98. The molecule has 116 valence electrons. The third kappa shape index (κ3) is 3.87. The van der Waals surface area contributed by atoms with Crippen LogP contribution in [0.2, 0.25) is 0 Å². The molecule has 1 aromatic carbocycles. The largest absolute Gasteiger partial charge is 0.389 e. The summed E-state index contributed by atoms with van der Waals surface area (Å²) in [4.78, 5) is 0. The molecule has 0 spiro atoms. The van der Waals surface area contributed by atoms with Gasteiger partial charge in [-0.2, -0.15) is 0 Å². The van der Waals surface area contributed by atoms with Crippen LogP contribution in [0.15, 0.2) is 24.3 Å². The molecule has 0 saturated heterocycles. The number of hydrogen-bond acceptors (Lipinski definition) is 2. The smallest absolute Gasteiger partial charge is 0.0772 e. The van der Waals surface area contributed by atoms with Gasteiger partial charge in [0.05, 0.1) is 5.60 Å². The summed E-state index contributed by atoms with van der Waals surface area (Å²) >= 11 is 0. The minimum atomic E-state index is -0.496. The molecular formula is C19H29NO. The monoisotopic (exact) mass is 287 g/mol. The lowest BCUT2D eigenvalue weighted by atomic mass is 9.71. The zero-order valence-electron chi connectivity index (χ0n) is 13.5. The van der Waals surface area contributed by atoms with E-state index in [2.05, 4.69) is 43.4 Å². The summed E-state index contributed by atoms with van der Waals surface area (Å²) < 4.78 is 0. The van der Waals surface area contributed by atoms with E-state index in [0.29, 0.717) is 5.41 Å². The quantitative estimate of drug-likeness (QED) is 0.858. The summed E-state index contributed by atoms with van der Waals surface area (Å²) in [5.74, 6) is 0.793. The fourth-order valence-electron chi connectivity index (χ4n) is 3.49. The van der Waals surface area contributed by atoms with Crippen LogP contribution in [-0.2, 0) is 6.54 Å². The Bertz CT molecular complexity index is 480. The van der Waals surface area contributed by atoms with Crippen LogP contribution in [0.3, 0.4) is 0 Å². The number of benzene rings is 1. The highest BCUT2D eigenvalue weighted by molar-refractivity contribution is 5.33. The Labute approximate surface area is 129 Å². The molecule has 0 atom stereocenters. The first-order valence-electron chi connectivity index (χ1n) is 8.48. The van der Waals surface area contributed by atoms with E-state index in [1.807, 2.05) is 0 Å². The highest BCUT2D eigenvalue weighted by atomic mass is 16.3. The lowest BCUT2D eigenvalue weighted by Crippen LogP contribution is -2.44. The standard InChI is InChI=1S/C19H29NO/c1-18(2)9-11-19(21,12-10-18)14-20-13-16-5-3-4-6-17(16)15-7-8-15/h3-6,15,20-21H,7-14H2,1-2H3. The predicted molar refractivity (Wildman–Crippen MR) is 87.3 cm³/mol. The molecule has 21 heavy (non-hydrogen) atoms. The van der Waals surface area contributed by atoms with Crippen molar-refractivity contribution in [2.45, 2.75) is 70.4 Å². The van der Waals surface area contributed by atoms with E-state index in [0.717, 1.165) is 44.7 Å². The number of nitrogens with one attached hydrogen (secondary N) is 1. The number of aliphatic hydroxyl groups is 1. The average Bonchev–Trinajstić information content (AvgIpc) is 3.28. The molecule has 2 aliphatic rings. The third-order valence-corrected chi connectivity index (χ3v) is 5.38. The third-order valence-electron chi connectivity index (χ3n) is 5.38. The average molecular weight is 287 g/mol. The molecule has 2 N–H and O–H groups in total. The molecule has 1 aromatic rings. The van der Waals surface area contributed by atoms with Crippen LogP contribution in [0.1, 0.15) is 69.4 Å². The molecule has 2 fully saturated rings. The molecule has 2 saturated carbocycles. The van der Waals surface area contributed by atoms with Gasteiger partial charge < -0.3 is 10.4 Å².